The van der Waals surface area contributed by atoms with Gasteiger partial charge in [-0.2, -0.15) is 0 Å². The van der Waals surface area contributed by atoms with E-state index in [9.17, 15) is 4.79 Å². The predicted octanol–water partition coefficient (Wildman–Crippen LogP) is 2.21. The molecule has 4 heteroatoms. The number of para-hydroxylation sites is 1. The molecule has 4 nitrogen and oxygen atoms in total. The number of amides is 1. The lowest BCUT2D eigenvalue weighted by atomic mass is 10.1. The van der Waals surface area contributed by atoms with Gasteiger partial charge in [0.1, 0.15) is 0 Å². The summed E-state index contributed by atoms with van der Waals surface area (Å²) in [6, 6.07) is 7.70. The van der Waals surface area contributed by atoms with Crippen LogP contribution >= 0.6 is 0 Å². The van der Waals surface area contributed by atoms with E-state index >= 15 is 0 Å². The van der Waals surface area contributed by atoms with Crippen LogP contribution in [0.5, 0.6) is 0 Å². The molecule has 1 aromatic rings. The third-order valence-corrected chi connectivity index (χ3v) is 3.90. The number of nitrogens with one attached hydrogen (secondary N) is 1. The van der Waals surface area contributed by atoms with Gasteiger partial charge in [0, 0.05) is 25.2 Å². The lowest BCUT2D eigenvalue weighted by Crippen LogP contribution is -2.23. The summed E-state index contributed by atoms with van der Waals surface area (Å²) in [6.45, 7) is 6.12. The highest BCUT2D eigenvalue weighted by atomic mass is 16.1. The van der Waals surface area contributed by atoms with Crippen molar-refractivity contribution in [2.75, 3.05) is 25.0 Å². The average Bonchev–Trinajstić information content (AvgIpc) is 2.85. The van der Waals surface area contributed by atoms with Crippen LogP contribution in [0.2, 0.25) is 0 Å². The van der Waals surface area contributed by atoms with E-state index in [2.05, 4.69) is 17.1 Å². The Morgan fingerprint density at radius 3 is 2.95 bits per heavy atom. The molecule has 1 atom stereocenters. The summed E-state index contributed by atoms with van der Waals surface area (Å²) >= 11 is 0. The molecule has 1 aromatic carbocycles. The van der Waals surface area contributed by atoms with Crippen LogP contribution in [0.1, 0.15) is 31.7 Å². The minimum atomic E-state index is 0.0816. The number of hydrogen-bond acceptors (Lipinski definition) is 3. The standard InChI is InChI=1S/C16H25N3O/c1-13-8-10-19(12-13)9-4-7-16(20)18-15-6-3-2-5-14(15)11-17/h2-3,5-6,13H,4,7-12,17H2,1H3,(H,18,20). The topological polar surface area (TPSA) is 58.4 Å². The second-order valence-corrected chi connectivity index (χ2v) is 5.71. The second kappa shape index (κ2) is 7.41. The summed E-state index contributed by atoms with van der Waals surface area (Å²) in [7, 11) is 0. The highest BCUT2D eigenvalue weighted by molar-refractivity contribution is 5.91. The van der Waals surface area contributed by atoms with Crippen LogP contribution in [0.3, 0.4) is 0 Å². The van der Waals surface area contributed by atoms with Crippen molar-refractivity contribution >= 4 is 11.6 Å². The largest absolute Gasteiger partial charge is 0.326 e. The molecule has 0 bridgehead atoms. The van der Waals surface area contributed by atoms with Gasteiger partial charge in [0.05, 0.1) is 0 Å². The molecular formula is C16H25N3O. The summed E-state index contributed by atoms with van der Waals surface area (Å²) in [5.74, 6) is 0.887. The highest BCUT2D eigenvalue weighted by Crippen LogP contribution is 2.16. The number of likely N-dealkylation sites (tertiary alicyclic amines) is 1. The molecule has 1 saturated heterocycles. The molecule has 2 rings (SSSR count). The van der Waals surface area contributed by atoms with Crippen molar-refractivity contribution in [1.82, 2.24) is 4.90 Å². The molecule has 1 aliphatic rings. The highest BCUT2D eigenvalue weighted by Gasteiger charge is 2.18. The van der Waals surface area contributed by atoms with Crippen molar-refractivity contribution in [3.8, 4) is 0 Å². The monoisotopic (exact) mass is 275 g/mol. The van der Waals surface area contributed by atoms with Crippen molar-refractivity contribution in [2.24, 2.45) is 11.7 Å². The molecule has 3 N–H and O–H groups in total. The van der Waals surface area contributed by atoms with Crippen molar-refractivity contribution in [3.63, 3.8) is 0 Å². The van der Waals surface area contributed by atoms with E-state index in [-0.39, 0.29) is 5.91 Å². The third kappa shape index (κ3) is 4.32. The maximum absolute atomic E-state index is 11.9. The Morgan fingerprint density at radius 2 is 2.25 bits per heavy atom. The smallest absolute Gasteiger partial charge is 0.224 e. The van der Waals surface area contributed by atoms with Gasteiger partial charge in [-0.25, -0.2) is 0 Å². The number of nitrogens with zero attached hydrogens (tertiary/aromatic N) is 1. The molecule has 0 saturated carbocycles. The summed E-state index contributed by atoms with van der Waals surface area (Å²) < 4.78 is 0. The predicted molar refractivity (Wildman–Crippen MR) is 82.4 cm³/mol. The van der Waals surface area contributed by atoms with Crippen LogP contribution in [-0.2, 0) is 11.3 Å². The second-order valence-electron chi connectivity index (χ2n) is 5.71. The molecule has 1 fully saturated rings. The molecule has 0 aromatic heterocycles. The maximum Gasteiger partial charge on any atom is 0.224 e. The normalized spacial score (nSPS) is 19.2. The zero-order valence-electron chi connectivity index (χ0n) is 12.3. The first kappa shape index (κ1) is 15.0. The van der Waals surface area contributed by atoms with Gasteiger partial charge >= 0.3 is 0 Å². The molecular weight excluding hydrogens is 250 g/mol. The van der Waals surface area contributed by atoms with Gasteiger partial charge in [-0.15, -0.1) is 0 Å². The lowest BCUT2D eigenvalue weighted by Gasteiger charge is -2.15. The number of anilines is 1. The number of carbonyl (C=O) groups excluding carboxylic acids is 1. The Labute approximate surface area is 121 Å². The minimum absolute atomic E-state index is 0.0816. The van der Waals surface area contributed by atoms with E-state index in [4.69, 9.17) is 5.73 Å². The lowest BCUT2D eigenvalue weighted by molar-refractivity contribution is -0.116. The zero-order chi connectivity index (χ0) is 14.4. The number of benzene rings is 1. The summed E-state index contributed by atoms with van der Waals surface area (Å²) in [6.07, 6.45) is 2.78. The first-order chi connectivity index (χ1) is 9.69. The van der Waals surface area contributed by atoms with Crippen molar-refractivity contribution in [1.29, 1.82) is 0 Å². The maximum atomic E-state index is 11.9. The first-order valence-corrected chi connectivity index (χ1v) is 7.49. The Balaban J connectivity index is 1.72. The van der Waals surface area contributed by atoms with E-state index in [0.717, 1.165) is 30.1 Å². The number of carbonyl (C=O) groups is 1. The number of nitrogens with two attached hydrogens (primary N) is 1. The molecule has 20 heavy (non-hydrogen) atoms. The average molecular weight is 275 g/mol. The van der Waals surface area contributed by atoms with E-state index in [0.29, 0.717) is 13.0 Å². The molecule has 1 heterocycles. The van der Waals surface area contributed by atoms with Gasteiger partial charge in [0.25, 0.3) is 0 Å². The first-order valence-electron chi connectivity index (χ1n) is 7.49. The Kier molecular flexibility index (Phi) is 5.56. The van der Waals surface area contributed by atoms with Crippen LogP contribution in [0.25, 0.3) is 0 Å². The van der Waals surface area contributed by atoms with Gasteiger partial charge in [-0.05, 0) is 43.5 Å². The van der Waals surface area contributed by atoms with Gasteiger partial charge < -0.3 is 16.0 Å². The van der Waals surface area contributed by atoms with Crippen LogP contribution in [0, 0.1) is 5.92 Å². The molecule has 1 aliphatic heterocycles. The van der Waals surface area contributed by atoms with Crippen LogP contribution < -0.4 is 11.1 Å². The fourth-order valence-electron chi connectivity index (χ4n) is 2.73. The van der Waals surface area contributed by atoms with Gasteiger partial charge in [0.15, 0.2) is 0 Å². The van der Waals surface area contributed by atoms with E-state index in [1.807, 2.05) is 24.3 Å². The minimum Gasteiger partial charge on any atom is -0.326 e. The number of hydrogen-bond donors (Lipinski definition) is 2. The molecule has 1 unspecified atom stereocenters. The van der Waals surface area contributed by atoms with Crippen LogP contribution in [-0.4, -0.2) is 30.4 Å². The van der Waals surface area contributed by atoms with Gasteiger partial charge in [-0.3, -0.25) is 4.79 Å². The van der Waals surface area contributed by atoms with E-state index in [1.165, 1.54) is 19.5 Å². The molecule has 1 amide bonds. The van der Waals surface area contributed by atoms with Crippen molar-refractivity contribution < 1.29 is 4.79 Å². The number of rotatable bonds is 6. The van der Waals surface area contributed by atoms with Gasteiger partial charge in [0.2, 0.25) is 5.91 Å². The fourth-order valence-corrected chi connectivity index (χ4v) is 2.73. The van der Waals surface area contributed by atoms with Crippen molar-refractivity contribution in [3.05, 3.63) is 29.8 Å². The quantitative estimate of drug-likeness (QED) is 0.837. The zero-order valence-corrected chi connectivity index (χ0v) is 12.3. The Hall–Kier alpha value is -1.39. The van der Waals surface area contributed by atoms with Crippen LogP contribution in [0.4, 0.5) is 5.69 Å². The van der Waals surface area contributed by atoms with E-state index < -0.39 is 0 Å². The fraction of sp³-hybridized carbons (Fsp3) is 0.562. The summed E-state index contributed by atoms with van der Waals surface area (Å²) in [5.41, 5.74) is 7.49. The summed E-state index contributed by atoms with van der Waals surface area (Å²) in [5, 5.41) is 2.96. The molecule has 110 valence electrons. The summed E-state index contributed by atoms with van der Waals surface area (Å²) in [4.78, 5) is 14.4. The third-order valence-electron chi connectivity index (χ3n) is 3.90. The molecule has 0 spiro atoms. The van der Waals surface area contributed by atoms with E-state index in [1.54, 1.807) is 0 Å². The SMILES string of the molecule is CC1CCN(CCCC(=O)Nc2ccccc2CN)C1. The van der Waals surface area contributed by atoms with Crippen molar-refractivity contribution in [2.45, 2.75) is 32.7 Å². The van der Waals surface area contributed by atoms with Gasteiger partial charge in [-0.1, -0.05) is 25.1 Å². The van der Waals surface area contributed by atoms with Crippen LogP contribution in [0.15, 0.2) is 24.3 Å². The Morgan fingerprint density at radius 1 is 1.45 bits per heavy atom. The molecule has 0 radical (unpaired) electrons. The Bertz CT molecular complexity index is 447. The molecule has 0 aliphatic carbocycles.